The minimum Gasteiger partial charge on any atom is -0.491 e. The summed E-state index contributed by atoms with van der Waals surface area (Å²) in [4.78, 5) is 27.6. The zero-order valence-electron chi connectivity index (χ0n) is 17.5. The van der Waals surface area contributed by atoms with E-state index in [0.29, 0.717) is 16.8 Å². The van der Waals surface area contributed by atoms with Crippen molar-refractivity contribution in [2.24, 2.45) is 0 Å². The quantitative estimate of drug-likeness (QED) is 0.739. The van der Waals surface area contributed by atoms with Crippen molar-refractivity contribution in [1.29, 1.82) is 0 Å². The van der Waals surface area contributed by atoms with Gasteiger partial charge in [0.05, 0.1) is 17.4 Å². The summed E-state index contributed by atoms with van der Waals surface area (Å²) in [5, 5.41) is 2.90. The van der Waals surface area contributed by atoms with Gasteiger partial charge in [-0.1, -0.05) is 31.4 Å². The van der Waals surface area contributed by atoms with Gasteiger partial charge in [-0.15, -0.1) is 0 Å². The van der Waals surface area contributed by atoms with E-state index in [1.807, 2.05) is 37.9 Å². The Morgan fingerprint density at radius 3 is 2.31 bits per heavy atom. The molecule has 1 N–H and O–H groups in total. The maximum Gasteiger partial charge on any atom is 0.255 e. The smallest absolute Gasteiger partial charge is 0.255 e. The Hall–Kier alpha value is -2.82. The molecule has 0 unspecified atom stereocenters. The molecule has 29 heavy (non-hydrogen) atoms. The van der Waals surface area contributed by atoms with Crippen LogP contribution in [0, 0.1) is 0 Å². The van der Waals surface area contributed by atoms with Crippen molar-refractivity contribution < 1.29 is 14.3 Å². The highest BCUT2D eigenvalue weighted by atomic mass is 16.5. The highest BCUT2D eigenvalue weighted by Gasteiger charge is 2.25. The lowest BCUT2D eigenvalue weighted by atomic mass is 9.94. The molecule has 0 bridgehead atoms. The fourth-order valence-corrected chi connectivity index (χ4v) is 3.75. The van der Waals surface area contributed by atoms with Crippen molar-refractivity contribution in [3.8, 4) is 5.75 Å². The predicted octanol–water partition coefficient (Wildman–Crippen LogP) is 5.13. The molecule has 0 aliphatic heterocycles. The summed E-state index contributed by atoms with van der Waals surface area (Å²) in [5.74, 6) is 0.427. The number of amides is 2. The molecule has 1 aliphatic carbocycles. The lowest BCUT2D eigenvalue weighted by Gasteiger charge is -2.31. The molecule has 0 radical (unpaired) electrons. The van der Waals surface area contributed by atoms with Crippen molar-refractivity contribution in [2.45, 2.75) is 58.1 Å². The number of nitrogens with zero attached hydrogens (tertiary/aromatic N) is 1. The van der Waals surface area contributed by atoms with Gasteiger partial charge in [0.1, 0.15) is 5.75 Å². The Morgan fingerprint density at radius 2 is 1.66 bits per heavy atom. The minimum atomic E-state index is -0.248. The second-order valence-corrected chi connectivity index (χ2v) is 7.90. The van der Waals surface area contributed by atoms with E-state index >= 15 is 0 Å². The lowest BCUT2D eigenvalue weighted by molar-refractivity contribution is 0.0697. The number of carbonyl (C=O) groups excluding carboxylic acids is 2. The average Bonchev–Trinajstić information content (AvgIpc) is 2.74. The maximum absolute atomic E-state index is 13.1. The zero-order chi connectivity index (χ0) is 20.8. The SMILES string of the molecule is CC(C)Oc1ccc(C(=O)Nc2ccccc2C(=O)N(C)C2CCCCC2)cc1. The Morgan fingerprint density at radius 1 is 1.00 bits per heavy atom. The molecule has 2 aromatic rings. The van der Waals surface area contributed by atoms with Gasteiger partial charge in [0.2, 0.25) is 0 Å². The number of ether oxygens (including phenoxy) is 1. The molecule has 0 aromatic heterocycles. The van der Waals surface area contributed by atoms with Crippen LogP contribution in [0.5, 0.6) is 5.75 Å². The van der Waals surface area contributed by atoms with E-state index in [1.54, 1.807) is 36.4 Å². The van der Waals surface area contributed by atoms with E-state index in [-0.39, 0.29) is 24.0 Å². The first-order valence-electron chi connectivity index (χ1n) is 10.4. The topological polar surface area (TPSA) is 58.6 Å². The van der Waals surface area contributed by atoms with Crippen LogP contribution in [0.3, 0.4) is 0 Å². The highest BCUT2D eigenvalue weighted by molar-refractivity contribution is 6.09. The van der Waals surface area contributed by atoms with E-state index in [4.69, 9.17) is 4.74 Å². The molecule has 1 saturated carbocycles. The number of anilines is 1. The van der Waals surface area contributed by atoms with Crippen LogP contribution >= 0.6 is 0 Å². The monoisotopic (exact) mass is 394 g/mol. The second kappa shape index (κ2) is 9.59. The maximum atomic E-state index is 13.1. The van der Waals surface area contributed by atoms with Gasteiger partial charge in [-0.05, 0) is 63.1 Å². The molecule has 2 aromatic carbocycles. The summed E-state index contributed by atoms with van der Waals surface area (Å²) in [6.45, 7) is 3.91. The standard InChI is InChI=1S/C24H30N2O3/c1-17(2)29-20-15-13-18(14-16-20)23(27)25-22-12-8-7-11-21(22)24(28)26(3)19-9-5-4-6-10-19/h7-8,11-17,19H,4-6,9-10H2,1-3H3,(H,25,27). The first kappa shape index (κ1) is 20.9. The Balaban J connectivity index is 1.73. The van der Waals surface area contributed by atoms with E-state index in [1.165, 1.54) is 6.42 Å². The zero-order valence-corrected chi connectivity index (χ0v) is 17.5. The number of benzene rings is 2. The molecule has 3 rings (SSSR count). The molecule has 5 nitrogen and oxygen atoms in total. The van der Waals surface area contributed by atoms with E-state index < -0.39 is 0 Å². The number of nitrogens with one attached hydrogen (secondary N) is 1. The third-order valence-corrected chi connectivity index (χ3v) is 5.34. The van der Waals surface area contributed by atoms with Crippen LogP contribution in [0.1, 0.15) is 66.7 Å². The lowest BCUT2D eigenvalue weighted by Crippen LogP contribution is -2.38. The van der Waals surface area contributed by atoms with Crippen molar-refractivity contribution in [1.82, 2.24) is 4.90 Å². The molecule has 0 heterocycles. The average molecular weight is 395 g/mol. The summed E-state index contributed by atoms with van der Waals surface area (Å²) < 4.78 is 5.62. The molecule has 0 saturated heterocycles. The van der Waals surface area contributed by atoms with Gasteiger partial charge in [0.25, 0.3) is 11.8 Å². The van der Waals surface area contributed by atoms with Gasteiger partial charge in [0.15, 0.2) is 0 Å². The van der Waals surface area contributed by atoms with Crippen molar-refractivity contribution in [3.63, 3.8) is 0 Å². The van der Waals surface area contributed by atoms with Crippen LogP contribution in [-0.4, -0.2) is 35.9 Å². The molecule has 0 spiro atoms. The largest absolute Gasteiger partial charge is 0.491 e. The normalized spacial score (nSPS) is 14.5. The third kappa shape index (κ3) is 5.37. The molecule has 154 valence electrons. The van der Waals surface area contributed by atoms with Crippen LogP contribution in [-0.2, 0) is 0 Å². The van der Waals surface area contributed by atoms with Gasteiger partial charge in [0, 0.05) is 18.7 Å². The molecule has 1 fully saturated rings. The minimum absolute atomic E-state index is 0.0477. The molecule has 2 amide bonds. The summed E-state index contributed by atoms with van der Waals surface area (Å²) in [6.07, 6.45) is 5.73. The second-order valence-electron chi connectivity index (χ2n) is 7.90. The number of hydrogen-bond donors (Lipinski definition) is 1. The molecule has 0 atom stereocenters. The van der Waals surface area contributed by atoms with Crippen molar-refractivity contribution in [3.05, 3.63) is 59.7 Å². The number of rotatable bonds is 6. The predicted molar refractivity (Wildman–Crippen MR) is 116 cm³/mol. The fraction of sp³-hybridized carbons (Fsp3) is 0.417. The molecular formula is C24H30N2O3. The van der Waals surface area contributed by atoms with Crippen LogP contribution in [0.15, 0.2) is 48.5 Å². The van der Waals surface area contributed by atoms with Gasteiger partial charge < -0.3 is 15.0 Å². The molecule has 5 heteroatoms. The first-order chi connectivity index (χ1) is 14.0. The van der Waals surface area contributed by atoms with E-state index in [2.05, 4.69) is 5.32 Å². The number of para-hydroxylation sites is 1. The Bertz CT molecular complexity index is 839. The van der Waals surface area contributed by atoms with Crippen molar-refractivity contribution >= 4 is 17.5 Å². The van der Waals surface area contributed by atoms with Gasteiger partial charge in [-0.3, -0.25) is 9.59 Å². The van der Waals surface area contributed by atoms with Gasteiger partial charge >= 0.3 is 0 Å². The van der Waals surface area contributed by atoms with Crippen LogP contribution in [0.4, 0.5) is 5.69 Å². The number of hydrogen-bond acceptors (Lipinski definition) is 3. The molecule has 1 aliphatic rings. The van der Waals surface area contributed by atoms with Crippen LogP contribution in [0.25, 0.3) is 0 Å². The summed E-state index contributed by atoms with van der Waals surface area (Å²) >= 11 is 0. The highest BCUT2D eigenvalue weighted by Crippen LogP contribution is 2.25. The Labute approximate surface area is 173 Å². The molecular weight excluding hydrogens is 364 g/mol. The summed E-state index contributed by atoms with van der Waals surface area (Å²) in [6, 6.07) is 14.5. The summed E-state index contributed by atoms with van der Waals surface area (Å²) in [5.41, 5.74) is 1.57. The Kier molecular flexibility index (Phi) is 6.91. The van der Waals surface area contributed by atoms with Crippen molar-refractivity contribution in [2.75, 3.05) is 12.4 Å². The fourth-order valence-electron chi connectivity index (χ4n) is 3.75. The van der Waals surface area contributed by atoms with E-state index in [9.17, 15) is 9.59 Å². The third-order valence-electron chi connectivity index (χ3n) is 5.34. The van der Waals surface area contributed by atoms with Crippen LogP contribution in [0.2, 0.25) is 0 Å². The summed E-state index contributed by atoms with van der Waals surface area (Å²) in [7, 11) is 1.87. The first-order valence-corrected chi connectivity index (χ1v) is 10.4. The van der Waals surface area contributed by atoms with E-state index in [0.717, 1.165) is 31.4 Å². The van der Waals surface area contributed by atoms with Crippen LogP contribution < -0.4 is 10.1 Å². The number of carbonyl (C=O) groups is 2. The van der Waals surface area contributed by atoms with Gasteiger partial charge in [-0.2, -0.15) is 0 Å². The van der Waals surface area contributed by atoms with Gasteiger partial charge in [-0.25, -0.2) is 0 Å².